The number of carbonyl (C=O) groups excluding carboxylic acids is 1. The van der Waals surface area contributed by atoms with Gasteiger partial charge in [-0.05, 0) is 61.4 Å². The molecule has 10 nitrogen and oxygen atoms in total. The molecule has 41 heavy (non-hydrogen) atoms. The van der Waals surface area contributed by atoms with E-state index in [2.05, 4.69) is 5.32 Å². The molecule has 0 saturated carbocycles. The number of sulfonamides is 1. The molecular formula is C29H30N4O6S2. The van der Waals surface area contributed by atoms with Gasteiger partial charge in [-0.25, -0.2) is 13.4 Å². The Bertz CT molecular complexity index is 1780. The lowest BCUT2D eigenvalue weighted by atomic mass is 10.1. The molecular weight excluding hydrogens is 564 g/mol. The van der Waals surface area contributed by atoms with E-state index in [9.17, 15) is 18.0 Å². The van der Waals surface area contributed by atoms with Gasteiger partial charge in [-0.15, -0.1) is 0 Å². The number of rotatable bonds is 8. The van der Waals surface area contributed by atoms with E-state index in [0.717, 1.165) is 22.9 Å². The highest BCUT2D eigenvalue weighted by atomic mass is 32.2. The average molecular weight is 595 g/mol. The van der Waals surface area contributed by atoms with Gasteiger partial charge in [0.05, 0.1) is 53.2 Å². The first kappa shape index (κ1) is 28.8. The molecule has 1 N–H and O–H groups in total. The van der Waals surface area contributed by atoms with E-state index < -0.39 is 10.0 Å². The number of ether oxygens (including phenoxy) is 2. The van der Waals surface area contributed by atoms with Crippen molar-refractivity contribution in [2.24, 2.45) is 0 Å². The number of carbonyl (C=O) groups is 1. The number of fused-ring (bicyclic) bond motifs is 1. The number of nitrogens with one attached hydrogen (secondary N) is 1. The van der Waals surface area contributed by atoms with Crippen LogP contribution in [0.25, 0.3) is 16.6 Å². The molecule has 2 heterocycles. The van der Waals surface area contributed by atoms with Gasteiger partial charge in [-0.1, -0.05) is 30.0 Å². The number of nitrogens with zero attached hydrogens (tertiary/aromatic N) is 3. The van der Waals surface area contributed by atoms with Crippen molar-refractivity contribution in [3.8, 4) is 11.4 Å². The summed E-state index contributed by atoms with van der Waals surface area (Å²) in [7, 11) is -2.32. The largest absolute Gasteiger partial charge is 0.495 e. The molecule has 1 aromatic heterocycles. The fourth-order valence-electron chi connectivity index (χ4n) is 4.49. The van der Waals surface area contributed by atoms with Crippen LogP contribution in [-0.2, 0) is 19.6 Å². The smallest absolute Gasteiger partial charge is 0.266 e. The van der Waals surface area contributed by atoms with Gasteiger partial charge in [0.15, 0.2) is 5.16 Å². The lowest BCUT2D eigenvalue weighted by molar-refractivity contribution is -0.113. The minimum atomic E-state index is -3.73. The number of morpholine rings is 1. The molecule has 0 radical (unpaired) electrons. The summed E-state index contributed by atoms with van der Waals surface area (Å²) in [5.74, 6) is -0.202. The highest BCUT2D eigenvalue weighted by molar-refractivity contribution is 7.99. The number of amides is 1. The number of para-hydroxylation sites is 1. The number of hydrogen-bond donors (Lipinski definition) is 1. The molecule has 1 aliphatic rings. The maximum absolute atomic E-state index is 13.5. The molecule has 0 atom stereocenters. The quantitative estimate of drug-likeness (QED) is 0.242. The SMILES string of the molecule is COc1cc(S(=O)(=O)N2CCOCC2)ccc1NC(=O)CSc1nc2ccccc2c(=O)n1-c1ccc(C)c(C)c1. The summed E-state index contributed by atoms with van der Waals surface area (Å²) in [6, 6.07) is 17.2. The predicted octanol–water partition coefficient (Wildman–Crippen LogP) is 3.76. The van der Waals surface area contributed by atoms with Gasteiger partial charge in [0.2, 0.25) is 15.9 Å². The van der Waals surface area contributed by atoms with E-state index in [-0.39, 0.29) is 41.0 Å². The number of methoxy groups -OCH3 is 1. The molecule has 0 unspecified atom stereocenters. The Morgan fingerprint density at radius 3 is 2.54 bits per heavy atom. The second kappa shape index (κ2) is 12.0. The van der Waals surface area contributed by atoms with Crippen molar-refractivity contribution < 1.29 is 22.7 Å². The zero-order valence-electron chi connectivity index (χ0n) is 22.9. The zero-order chi connectivity index (χ0) is 29.1. The maximum Gasteiger partial charge on any atom is 0.266 e. The Balaban J connectivity index is 1.39. The van der Waals surface area contributed by atoms with Crippen LogP contribution in [0, 0.1) is 13.8 Å². The molecule has 5 rings (SSSR count). The summed E-state index contributed by atoms with van der Waals surface area (Å²) in [4.78, 5) is 31.3. The summed E-state index contributed by atoms with van der Waals surface area (Å²) >= 11 is 1.13. The fraction of sp³-hybridized carbons (Fsp3) is 0.276. The first-order chi connectivity index (χ1) is 19.7. The fourth-order valence-corrected chi connectivity index (χ4v) is 6.73. The first-order valence-corrected chi connectivity index (χ1v) is 15.4. The van der Waals surface area contributed by atoms with Gasteiger partial charge in [0, 0.05) is 19.2 Å². The van der Waals surface area contributed by atoms with Gasteiger partial charge in [0.1, 0.15) is 5.75 Å². The van der Waals surface area contributed by atoms with Crippen LogP contribution in [0.3, 0.4) is 0 Å². The number of hydrogen-bond acceptors (Lipinski definition) is 8. The topological polar surface area (TPSA) is 120 Å². The van der Waals surface area contributed by atoms with E-state index in [1.807, 2.05) is 38.1 Å². The molecule has 1 saturated heterocycles. The molecule has 0 aliphatic carbocycles. The van der Waals surface area contributed by atoms with Crippen molar-refractivity contribution >= 4 is 44.3 Å². The molecule has 1 amide bonds. The summed E-state index contributed by atoms with van der Waals surface area (Å²) in [6.45, 7) is 5.20. The van der Waals surface area contributed by atoms with Crippen molar-refractivity contribution in [3.05, 3.63) is 82.1 Å². The van der Waals surface area contributed by atoms with Crippen LogP contribution >= 0.6 is 11.8 Å². The summed E-state index contributed by atoms with van der Waals surface area (Å²) < 4.78 is 39.7. The summed E-state index contributed by atoms with van der Waals surface area (Å²) in [6.07, 6.45) is 0. The third-order valence-corrected chi connectivity index (χ3v) is 9.71. The molecule has 3 aromatic carbocycles. The number of benzene rings is 3. The van der Waals surface area contributed by atoms with Gasteiger partial charge in [-0.2, -0.15) is 4.31 Å². The van der Waals surface area contributed by atoms with Crippen molar-refractivity contribution in [2.45, 2.75) is 23.9 Å². The Hall–Kier alpha value is -3.71. The summed E-state index contributed by atoms with van der Waals surface area (Å²) in [5.41, 5.74) is 3.44. The van der Waals surface area contributed by atoms with E-state index >= 15 is 0 Å². The summed E-state index contributed by atoms with van der Waals surface area (Å²) in [5, 5.41) is 3.65. The molecule has 12 heteroatoms. The van der Waals surface area contributed by atoms with Gasteiger partial charge in [-0.3, -0.25) is 14.2 Å². The van der Waals surface area contributed by atoms with Crippen molar-refractivity contribution in [2.75, 3.05) is 44.5 Å². The predicted molar refractivity (Wildman–Crippen MR) is 159 cm³/mol. The Kier molecular flexibility index (Phi) is 8.45. The highest BCUT2D eigenvalue weighted by Gasteiger charge is 2.27. The highest BCUT2D eigenvalue weighted by Crippen LogP contribution is 2.30. The average Bonchev–Trinajstić information content (AvgIpc) is 2.98. The molecule has 214 valence electrons. The lowest BCUT2D eigenvalue weighted by Crippen LogP contribution is -2.40. The van der Waals surface area contributed by atoms with E-state index in [0.29, 0.717) is 40.6 Å². The van der Waals surface area contributed by atoms with Crippen molar-refractivity contribution in [1.29, 1.82) is 0 Å². The number of aromatic nitrogens is 2. The normalized spacial score (nSPS) is 14.2. The van der Waals surface area contributed by atoms with Crippen LogP contribution in [0.1, 0.15) is 11.1 Å². The molecule has 0 bridgehead atoms. The Morgan fingerprint density at radius 2 is 1.80 bits per heavy atom. The van der Waals surface area contributed by atoms with Crippen LogP contribution in [0.2, 0.25) is 0 Å². The third-order valence-electron chi connectivity index (χ3n) is 6.88. The number of aryl methyl sites for hydroxylation is 2. The van der Waals surface area contributed by atoms with Crippen LogP contribution in [0.5, 0.6) is 5.75 Å². The maximum atomic E-state index is 13.5. The van der Waals surface area contributed by atoms with Crippen molar-refractivity contribution in [1.82, 2.24) is 13.9 Å². The Labute approximate surface area is 242 Å². The second-order valence-corrected chi connectivity index (χ2v) is 12.4. The van der Waals surface area contributed by atoms with Crippen molar-refractivity contribution in [3.63, 3.8) is 0 Å². The zero-order valence-corrected chi connectivity index (χ0v) is 24.5. The van der Waals surface area contributed by atoms with E-state index in [4.69, 9.17) is 14.5 Å². The monoisotopic (exact) mass is 594 g/mol. The Morgan fingerprint density at radius 1 is 1.05 bits per heavy atom. The van der Waals surface area contributed by atoms with Crippen LogP contribution < -0.4 is 15.6 Å². The molecule has 4 aromatic rings. The number of anilines is 1. The van der Waals surface area contributed by atoms with Crippen LogP contribution in [-0.4, -0.2) is 67.3 Å². The lowest BCUT2D eigenvalue weighted by Gasteiger charge is -2.26. The molecule has 0 spiro atoms. The van der Waals surface area contributed by atoms with Crippen LogP contribution in [0.4, 0.5) is 5.69 Å². The van der Waals surface area contributed by atoms with E-state index in [1.54, 1.807) is 18.2 Å². The molecule has 1 fully saturated rings. The standard InChI is InChI=1S/C29H30N4O6S2/c1-19-8-9-21(16-20(19)2)33-28(35)23-6-4-5-7-24(23)31-29(33)40-18-27(34)30-25-11-10-22(17-26(25)38-3)41(36,37)32-12-14-39-15-13-32/h4-11,16-17H,12-15,18H2,1-3H3,(H,30,34). The van der Waals surface area contributed by atoms with Gasteiger partial charge in [0.25, 0.3) is 5.56 Å². The first-order valence-electron chi connectivity index (χ1n) is 13.0. The van der Waals surface area contributed by atoms with Gasteiger partial charge < -0.3 is 14.8 Å². The van der Waals surface area contributed by atoms with E-state index in [1.165, 1.54) is 34.2 Å². The third kappa shape index (κ3) is 6.01. The van der Waals surface area contributed by atoms with Gasteiger partial charge >= 0.3 is 0 Å². The second-order valence-electron chi connectivity index (χ2n) is 9.54. The van der Waals surface area contributed by atoms with Crippen LogP contribution in [0.15, 0.2) is 75.5 Å². The minimum Gasteiger partial charge on any atom is -0.495 e. The number of thioether (sulfide) groups is 1. The minimum absolute atomic E-state index is 0.0490. The molecule has 1 aliphatic heterocycles.